The molecule has 0 bridgehead atoms. The number of benzene rings is 1. The Morgan fingerprint density at radius 2 is 2.16 bits per heavy atom. The Labute approximate surface area is 116 Å². The van der Waals surface area contributed by atoms with E-state index in [1.165, 1.54) is 17.7 Å². The number of fused-ring (bicyclic) bond motifs is 1. The summed E-state index contributed by atoms with van der Waals surface area (Å²) in [5, 5.41) is 0. The Bertz CT molecular complexity index is 451. The molecule has 0 fully saturated rings. The molecule has 2 nitrogen and oxygen atoms in total. The van der Waals surface area contributed by atoms with Crippen LogP contribution in [0.1, 0.15) is 56.0 Å². The molecule has 0 atom stereocenters. The van der Waals surface area contributed by atoms with Gasteiger partial charge in [-0.05, 0) is 36.8 Å². The molecule has 0 amide bonds. The molecule has 1 aliphatic rings. The van der Waals surface area contributed by atoms with Gasteiger partial charge in [0.05, 0.1) is 0 Å². The van der Waals surface area contributed by atoms with E-state index in [1.807, 2.05) is 6.07 Å². The molecule has 0 aliphatic carbocycles. The first-order valence-electron chi connectivity index (χ1n) is 7.53. The Morgan fingerprint density at radius 1 is 1.37 bits per heavy atom. The average Bonchev–Trinajstić information content (AvgIpc) is 2.38. The van der Waals surface area contributed by atoms with Gasteiger partial charge in [-0.2, -0.15) is 0 Å². The number of nitrogens with zero attached hydrogens (tertiary/aromatic N) is 1. The van der Waals surface area contributed by atoms with Gasteiger partial charge in [-0.3, -0.25) is 4.79 Å². The highest BCUT2D eigenvalue weighted by Crippen LogP contribution is 2.29. The molecular weight excluding hydrogens is 234 g/mol. The molecule has 0 N–H and O–H groups in total. The van der Waals surface area contributed by atoms with Gasteiger partial charge in [0.25, 0.3) is 0 Å². The van der Waals surface area contributed by atoms with Crippen molar-refractivity contribution in [2.45, 2.75) is 46.5 Å². The van der Waals surface area contributed by atoms with Crippen LogP contribution >= 0.6 is 0 Å². The van der Waals surface area contributed by atoms with Gasteiger partial charge in [-0.1, -0.05) is 32.9 Å². The minimum absolute atomic E-state index is 0.278. The van der Waals surface area contributed by atoms with E-state index < -0.39 is 0 Å². The maximum Gasteiger partial charge on any atom is 0.162 e. The van der Waals surface area contributed by atoms with Crippen LogP contribution in [0.4, 0.5) is 5.69 Å². The molecule has 0 aromatic heterocycles. The number of ketones is 1. The monoisotopic (exact) mass is 259 g/mol. The smallest absolute Gasteiger partial charge is 0.162 e. The zero-order valence-electron chi connectivity index (χ0n) is 12.4. The lowest BCUT2D eigenvalue weighted by Gasteiger charge is -2.33. The fourth-order valence-corrected chi connectivity index (χ4v) is 2.83. The maximum absolute atomic E-state index is 12.0. The van der Waals surface area contributed by atoms with E-state index in [0.29, 0.717) is 12.3 Å². The van der Waals surface area contributed by atoms with Crippen molar-refractivity contribution >= 4 is 11.5 Å². The second kappa shape index (κ2) is 6.23. The van der Waals surface area contributed by atoms with Crippen LogP contribution in [0.5, 0.6) is 0 Å². The zero-order valence-corrected chi connectivity index (χ0v) is 12.4. The predicted molar refractivity (Wildman–Crippen MR) is 81.1 cm³/mol. The summed E-state index contributed by atoms with van der Waals surface area (Å²) >= 11 is 0. The second-order valence-corrected chi connectivity index (χ2v) is 5.96. The van der Waals surface area contributed by atoms with Gasteiger partial charge in [0.1, 0.15) is 0 Å². The van der Waals surface area contributed by atoms with Crippen LogP contribution in [0.2, 0.25) is 0 Å². The van der Waals surface area contributed by atoms with Crippen LogP contribution in [-0.2, 0) is 6.42 Å². The van der Waals surface area contributed by atoms with E-state index in [9.17, 15) is 4.79 Å². The van der Waals surface area contributed by atoms with E-state index >= 15 is 0 Å². The number of anilines is 1. The number of aryl methyl sites for hydroxylation is 1. The van der Waals surface area contributed by atoms with Crippen LogP contribution in [-0.4, -0.2) is 18.9 Å². The van der Waals surface area contributed by atoms with Crippen LogP contribution in [0.15, 0.2) is 18.2 Å². The number of Topliss-reactive ketones (excluding diaryl/α,β-unsaturated/α-hetero) is 1. The van der Waals surface area contributed by atoms with E-state index in [-0.39, 0.29) is 5.78 Å². The summed E-state index contributed by atoms with van der Waals surface area (Å²) in [4.78, 5) is 14.5. The summed E-state index contributed by atoms with van der Waals surface area (Å²) in [7, 11) is 0. The lowest BCUT2D eigenvalue weighted by atomic mass is 9.96. The van der Waals surface area contributed by atoms with Crippen molar-refractivity contribution in [2.75, 3.05) is 18.0 Å². The third-order valence-electron chi connectivity index (χ3n) is 3.68. The predicted octanol–water partition coefficient (Wildman–Crippen LogP) is 4.08. The molecular formula is C17H25NO. The highest BCUT2D eigenvalue weighted by atomic mass is 16.1. The van der Waals surface area contributed by atoms with Crippen LogP contribution in [0, 0.1) is 5.92 Å². The summed E-state index contributed by atoms with van der Waals surface area (Å²) in [5.41, 5.74) is 3.58. The third kappa shape index (κ3) is 3.37. The average molecular weight is 259 g/mol. The van der Waals surface area contributed by atoms with E-state index in [0.717, 1.165) is 31.5 Å². The Morgan fingerprint density at radius 3 is 2.84 bits per heavy atom. The lowest BCUT2D eigenvalue weighted by Crippen LogP contribution is -2.32. The third-order valence-corrected chi connectivity index (χ3v) is 3.68. The number of rotatable bonds is 5. The Kier molecular flexibility index (Phi) is 4.62. The molecule has 1 aromatic carbocycles. The molecule has 19 heavy (non-hydrogen) atoms. The summed E-state index contributed by atoms with van der Waals surface area (Å²) in [6.07, 6.45) is 3.95. The number of carbonyl (C=O) groups excluding carboxylic acids is 1. The Balaban J connectivity index is 2.27. The minimum atomic E-state index is 0.278. The molecule has 0 saturated carbocycles. The maximum atomic E-state index is 12.0. The molecule has 0 saturated heterocycles. The molecule has 1 heterocycles. The van der Waals surface area contributed by atoms with Crippen molar-refractivity contribution in [1.82, 2.24) is 0 Å². The van der Waals surface area contributed by atoms with E-state index in [4.69, 9.17) is 0 Å². The van der Waals surface area contributed by atoms with Gasteiger partial charge in [0, 0.05) is 30.8 Å². The van der Waals surface area contributed by atoms with Crippen LogP contribution in [0.3, 0.4) is 0 Å². The summed E-state index contributed by atoms with van der Waals surface area (Å²) < 4.78 is 0. The number of carbonyl (C=O) groups is 1. The Hall–Kier alpha value is -1.31. The van der Waals surface area contributed by atoms with Crippen molar-refractivity contribution in [2.24, 2.45) is 5.92 Å². The molecule has 2 rings (SSSR count). The first kappa shape index (κ1) is 14.1. The van der Waals surface area contributed by atoms with Gasteiger partial charge in [0.15, 0.2) is 5.78 Å². The lowest BCUT2D eigenvalue weighted by molar-refractivity contribution is 0.0982. The molecule has 1 aromatic rings. The van der Waals surface area contributed by atoms with Gasteiger partial charge in [-0.15, -0.1) is 0 Å². The fourth-order valence-electron chi connectivity index (χ4n) is 2.83. The van der Waals surface area contributed by atoms with Crippen molar-refractivity contribution in [3.63, 3.8) is 0 Å². The molecule has 2 heteroatoms. The minimum Gasteiger partial charge on any atom is -0.371 e. The molecule has 104 valence electrons. The van der Waals surface area contributed by atoms with Crippen LogP contribution < -0.4 is 4.90 Å². The van der Waals surface area contributed by atoms with Gasteiger partial charge >= 0.3 is 0 Å². The highest BCUT2D eigenvalue weighted by molar-refractivity contribution is 5.97. The van der Waals surface area contributed by atoms with Crippen molar-refractivity contribution in [1.29, 1.82) is 0 Å². The molecule has 0 radical (unpaired) electrons. The fraction of sp³-hybridized carbons (Fsp3) is 0.588. The summed E-state index contributed by atoms with van der Waals surface area (Å²) in [5.74, 6) is 0.932. The SMILES string of the molecule is CCCC(=O)c1ccc2c(c1)N(CC(C)C)CCC2. The van der Waals surface area contributed by atoms with E-state index in [1.54, 1.807) is 0 Å². The summed E-state index contributed by atoms with van der Waals surface area (Å²) in [6.45, 7) is 8.76. The molecule has 0 spiro atoms. The van der Waals surface area contributed by atoms with Crippen molar-refractivity contribution < 1.29 is 4.79 Å². The zero-order chi connectivity index (χ0) is 13.8. The quantitative estimate of drug-likeness (QED) is 0.743. The van der Waals surface area contributed by atoms with Crippen molar-refractivity contribution in [3.8, 4) is 0 Å². The topological polar surface area (TPSA) is 20.3 Å². The molecule has 0 unspecified atom stereocenters. The normalized spacial score (nSPS) is 14.6. The number of hydrogen-bond acceptors (Lipinski definition) is 2. The second-order valence-electron chi connectivity index (χ2n) is 5.96. The first-order chi connectivity index (χ1) is 9.11. The largest absolute Gasteiger partial charge is 0.371 e. The first-order valence-corrected chi connectivity index (χ1v) is 7.53. The summed E-state index contributed by atoms with van der Waals surface area (Å²) in [6, 6.07) is 6.29. The van der Waals surface area contributed by atoms with E-state index in [2.05, 4.69) is 37.8 Å². The highest BCUT2D eigenvalue weighted by Gasteiger charge is 2.19. The van der Waals surface area contributed by atoms with Crippen molar-refractivity contribution in [3.05, 3.63) is 29.3 Å². The van der Waals surface area contributed by atoms with Gasteiger partial charge in [0.2, 0.25) is 0 Å². The van der Waals surface area contributed by atoms with Gasteiger partial charge < -0.3 is 4.90 Å². The van der Waals surface area contributed by atoms with Gasteiger partial charge in [-0.25, -0.2) is 0 Å². The standard InChI is InChI=1S/C17H25NO/c1-4-6-17(19)15-9-8-14-7-5-10-18(12-13(2)3)16(14)11-15/h8-9,11,13H,4-7,10,12H2,1-3H3. The molecule has 1 aliphatic heterocycles. The van der Waals surface area contributed by atoms with Crippen LogP contribution in [0.25, 0.3) is 0 Å². The number of hydrogen-bond donors (Lipinski definition) is 0.